The minimum absolute atomic E-state index is 0.0180. The van der Waals surface area contributed by atoms with Crippen molar-refractivity contribution in [3.63, 3.8) is 0 Å². The molecule has 1 atom stereocenters. The average Bonchev–Trinajstić information content (AvgIpc) is 2.89. The van der Waals surface area contributed by atoms with Gasteiger partial charge in [-0.15, -0.1) is 0 Å². The number of alkyl halides is 6. The smallest absolute Gasteiger partial charge is 0.416 e. The molecule has 0 bridgehead atoms. The Hall–Kier alpha value is -4.01. The molecule has 4 rings (SSSR count). The molecule has 0 saturated heterocycles. The highest BCUT2D eigenvalue weighted by atomic mass is 32.2. The van der Waals surface area contributed by atoms with E-state index in [1.165, 1.54) is 18.2 Å². The van der Waals surface area contributed by atoms with Crippen LogP contribution < -0.4 is 19.1 Å². The van der Waals surface area contributed by atoms with Gasteiger partial charge in [0.2, 0.25) is 0 Å². The van der Waals surface area contributed by atoms with E-state index in [0.717, 1.165) is 48.5 Å². The van der Waals surface area contributed by atoms with Gasteiger partial charge in [0.05, 0.1) is 29.2 Å². The standard InChI is InChI=1S/C27H23F7N2O5S/c1-26(2,31)24(37)35-13-20-14-36(42(38,39)21-5-3-4-17(11-21)27(32,33)34)22-10-15(6-7-23(22)40-20)16-8-18(28)12-19(9-16)41-25(29)30/h3-12,20,25H,13-14H2,1-2H3,(H,35,37)/t20-/m0/s1. The lowest BCUT2D eigenvalue weighted by atomic mass is 10.0. The van der Waals surface area contributed by atoms with Gasteiger partial charge in [-0.3, -0.25) is 9.10 Å². The normalized spacial score (nSPS) is 15.7. The van der Waals surface area contributed by atoms with E-state index in [-0.39, 0.29) is 29.1 Å². The van der Waals surface area contributed by atoms with Crippen LogP contribution in [0.2, 0.25) is 0 Å². The highest BCUT2D eigenvalue weighted by molar-refractivity contribution is 7.92. The second-order valence-corrected chi connectivity index (χ2v) is 11.6. The minimum atomic E-state index is -4.84. The van der Waals surface area contributed by atoms with E-state index in [2.05, 4.69) is 10.1 Å². The van der Waals surface area contributed by atoms with Crippen molar-refractivity contribution in [1.82, 2.24) is 5.32 Å². The van der Waals surface area contributed by atoms with Gasteiger partial charge in [-0.2, -0.15) is 22.0 Å². The van der Waals surface area contributed by atoms with E-state index >= 15 is 0 Å². The molecule has 3 aromatic rings. The number of amides is 1. The molecular formula is C27H23F7N2O5S. The number of rotatable bonds is 8. The van der Waals surface area contributed by atoms with E-state index in [1.807, 2.05) is 0 Å². The summed E-state index contributed by atoms with van der Waals surface area (Å²) in [4.78, 5) is 11.3. The molecule has 42 heavy (non-hydrogen) atoms. The molecule has 226 valence electrons. The van der Waals surface area contributed by atoms with Crippen molar-refractivity contribution >= 4 is 21.6 Å². The van der Waals surface area contributed by atoms with Gasteiger partial charge >= 0.3 is 12.8 Å². The number of nitrogens with one attached hydrogen (secondary N) is 1. The lowest BCUT2D eigenvalue weighted by Gasteiger charge is -2.36. The SMILES string of the molecule is CC(C)(F)C(=O)NC[C@H]1CN(S(=O)(=O)c2cccc(C(F)(F)F)c2)c2cc(-c3cc(F)cc(OC(F)F)c3)ccc2O1. The van der Waals surface area contributed by atoms with Crippen molar-refractivity contribution in [2.24, 2.45) is 0 Å². The number of carbonyl (C=O) groups excluding carboxylic acids is 1. The molecule has 0 saturated carbocycles. The van der Waals surface area contributed by atoms with Gasteiger partial charge in [-0.05, 0) is 67.4 Å². The molecule has 0 aliphatic carbocycles. The number of hydrogen-bond donors (Lipinski definition) is 1. The van der Waals surface area contributed by atoms with Crippen LogP contribution in [0.5, 0.6) is 11.5 Å². The first kappa shape index (κ1) is 30.9. The molecule has 1 amide bonds. The summed E-state index contributed by atoms with van der Waals surface area (Å²) in [5, 5.41) is 2.30. The Bertz CT molecular complexity index is 1590. The molecule has 1 N–H and O–H groups in total. The van der Waals surface area contributed by atoms with Crippen molar-refractivity contribution in [3.8, 4) is 22.6 Å². The summed E-state index contributed by atoms with van der Waals surface area (Å²) >= 11 is 0. The number of halogens is 7. The number of hydrogen-bond acceptors (Lipinski definition) is 5. The van der Waals surface area contributed by atoms with Crippen molar-refractivity contribution in [1.29, 1.82) is 0 Å². The topological polar surface area (TPSA) is 84.9 Å². The Balaban J connectivity index is 1.79. The van der Waals surface area contributed by atoms with Crippen LogP contribution in [0.3, 0.4) is 0 Å². The van der Waals surface area contributed by atoms with Crippen LogP contribution in [0.1, 0.15) is 19.4 Å². The van der Waals surface area contributed by atoms with Gasteiger partial charge in [0, 0.05) is 6.07 Å². The summed E-state index contributed by atoms with van der Waals surface area (Å²) in [6.45, 7) is -2.11. The maximum Gasteiger partial charge on any atom is 0.416 e. The predicted octanol–water partition coefficient (Wildman–Crippen LogP) is 5.93. The van der Waals surface area contributed by atoms with Crippen LogP contribution in [-0.2, 0) is 21.0 Å². The van der Waals surface area contributed by atoms with Gasteiger partial charge in [0.25, 0.3) is 15.9 Å². The maximum atomic E-state index is 14.2. The molecule has 1 aliphatic heterocycles. The average molecular weight is 621 g/mol. The molecule has 15 heteroatoms. The molecule has 7 nitrogen and oxygen atoms in total. The van der Waals surface area contributed by atoms with Crippen LogP contribution in [0.15, 0.2) is 65.6 Å². The van der Waals surface area contributed by atoms with Crippen LogP contribution in [0, 0.1) is 5.82 Å². The summed E-state index contributed by atoms with van der Waals surface area (Å²) < 4.78 is 132. The zero-order chi connectivity index (χ0) is 31.0. The summed E-state index contributed by atoms with van der Waals surface area (Å²) in [7, 11) is -4.72. The number of benzene rings is 3. The van der Waals surface area contributed by atoms with E-state index in [9.17, 15) is 43.9 Å². The zero-order valence-electron chi connectivity index (χ0n) is 21.9. The van der Waals surface area contributed by atoms with Crippen molar-refractivity contribution in [3.05, 3.63) is 72.0 Å². The first-order valence-corrected chi connectivity index (χ1v) is 13.6. The Morgan fingerprint density at radius 2 is 1.76 bits per heavy atom. The molecule has 0 spiro atoms. The quantitative estimate of drug-likeness (QED) is 0.316. The number of nitrogens with zero attached hydrogens (tertiary/aromatic N) is 1. The third-order valence-electron chi connectivity index (χ3n) is 6.10. The van der Waals surface area contributed by atoms with Gasteiger partial charge in [0.1, 0.15) is 23.4 Å². The first-order valence-electron chi connectivity index (χ1n) is 12.2. The third kappa shape index (κ3) is 6.89. The van der Waals surface area contributed by atoms with Gasteiger partial charge < -0.3 is 14.8 Å². The molecule has 0 radical (unpaired) electrons. The van der Waals surface area contributed by atoms with E-state index in [0.29, 0.717) is 12.1 Å². The summed E-state index contributed by atoms with van der Waals surface area (Å²) in [5.74, 6) is -2.53. The molecular weight excluding hydrogens is 597 g/mol. The fourth-order valence-corrected chi connectivity index (χ4v) is 5.65. The Labute approximate surface area is 235 Å². The summed E-state index contributed by atoms with van der Waals surface area (Å²) in [6.07, 6.45) is -5.95. The van der Waals surface area contributed by atoms with E-state index < -0.39 is 69.1 Å². The zero-order valence-corrected chi connectivity index (χ0v) is 22.7. The van der Waals surface area contributed by atoms with Crippen LogP contribution >= 0.6 is 0 Å². The monoisotopic (exact) mass is 620 g/mol. The summed E-state index contributed by atoms with van der Waals surface area (Å²) in [5.41, 5.74) is -3.50. The highest BCUT2D eigenvalue weighted by Gasteiger charge is 2.38. The first-order chi connectivity index (χ1) is 19.4. The van der Waals surface area contributed by atoms with Gasteiger partial charge in [0.15, 0.2) is 5.67 Å². The fourth-order valence-electron chi connectivity index (χ4n) is 4.10. The number of fused-ring (bicyclic) bond motifs is 1. The van der Waals surface area contributed by atoms with E-state index in [4.69, 9.17) is 4.74 Å². The van der Waals surface area contributed by atoms with Crippen LogP contribution in [0.25, 0.3) is 11.1 Å². The molecule has 0 unspecified atom stereocenters. The summed E-state index contributed by atoms with van der Waals surface area (Å²) in [6, 6.07) is 9.70. The number of ether oxygens (including phenoxy) is 2. The second-order valence-electron chi connectivity index (χ2n) is 9.72. The van der Waals surface area contributed by atoms with Crippen molar-refractivity contribution in [2.45, 2.75) is 43.3 Å². The Kier molecular flexibility index (Phi) is 8.36. The van der Waals surface area contributed by atoms with Gasteiger partial charge in [-0.1, -0.05) is 12.1 Å². The molecule has 0 fully saturated rings. The number of anilines is 1. The Morgan fingerprint density at radius 3 is 2.40 bits per heavy atom. The largest absolute Gasteiger partial charge is 0.484 e. The Morgan fingerprint density at radius 1 is 1.05 bits per heavy atom. The van der Waals surface area contributed by atoms with Crippen LogP contribution in [-0.4, -0.2) is 45.8 Å². The van der Waals surface area contributed by atoms with Crippen LogP contribution in [0.4, 0.5) is 36.4 Å². The molecule has 1 heterocycles. The van der Waals surface area contributed by atoms with Crippen molar-refractivity contribution in [2.75, 3.05) is 17.4 Å². The molecule has 3 aromatic carbocycles. The fraction of sp³-hybridized carbons (Fsp3) is 0.296. The molecule has 0 aromatic heterocycles. The highest BCUT2D eigenvalue weighted by Crippen LogP contribution is 2.41. The lowest BCUT2D eigenvalue weighted by molar-refractivity contribution is -0.137. The van der Waals surface area contributed by atoms with E-state index in [1.54, 1.807) is 0 Å². The number of carbonyl (C=O) groups is 1. The lowest BCUT2D eigenvalue weighted by Crippen LogP contribution is -2.50. The van der Waals surface area contributed by atoms with Gasteiger partial charge in [-0.25, -0.2) is 17.2 Å². The minimum Gasteiger partial charge on any atom is -0.484 e. The third-order valence-corrected chi connectivity index (χ3v) is 7.88. The molecule has 1 aliphatic rings. The number of sulfonamides is 1. The predicted molar refractivity (Wildman–Crippen MR) is 137 cm³/mol. The maximum absolute atomic E-state index is 14.2. The second kappa shape index (κ2) is 11.3. The van der Waals surface area contributed by atoms with Crippen molar-refractivity contribution < 1.29 is 53.4 Å².